The smallest absolute Gasteiger partial charge is 0.138 e. The predicted molar refractivity (Wildman–Crippen MR) is 135 cm³/mol. The van der Waals surface area contributed by atoms with Crippen molar-refractivity contribution in [1.29, 1.82) is 0 Å². The number of aryl methyl sites for hydroxylation is 1. The van der Waals surface area contributed by atoms with Crippen LogP contribution in [0, 0.1) is 15.5 Å². The van der Waals surface area contributed by atoms with Gasteiger partial charge in [0.15, 0.2) is 0 Å². The van der Waals surface area contributed by atoms with Gasteiger partial charge >= 0.3 is 0 Å². The van der Waals surface area contributed by atoms with E-state index in [0.29, 0.717) is 18.7 Å². The molecule has 2 aliphatic rings. The number of hydrogen-bond donors (Lipinski definition) is 1. The molecule has 1 aliphatic heterocycles. The molecule has 0 fully saturated rings. The highest BCUT2D eigenvalue weighted by atomic mass is 16.5. The molecule has 34 heavy (non-hydrogen) atoms. The molecule has 2 heterocycles. The van der Waals surface area contributed by atoms with Crippen LogP contribution in [0.15, 0.2) is 64.9 Å². The molecule has 0 radical (unpaired) electrons. The predicted octanol–water partition coefficient (Wildman–Crippen LogP) is 3.26. The molecular formula is C27H27N5O2. The van der Waals surface area contributed by atoms with Crippen molar-refractivity contribution in [2.24, 2.45) is 10.2 Å². The second-order valence-corrected chi connectivity index (χ2v) is 8.77. The first-order valence-corrected chi connectivity index (χ1v) is 11.5. The molecular weight excluding hydrogens is 426 g/mol. The summed E-state index contributed by atoms with van der Waals surface area (Å²) < 4.78 is 5.83. The third-order valence-corrected chi connectivity index (χ3v) is 6.17. The van der Waals surface area contributed by atoms with Crippen LogP contribution in [0.25, 0.3) is 22.7 Å². The lowest BCUT2D eigenvalue weighted by atomic mass is 10.1. The van der Waals surface area contributed by atoms with E-state index < -0.39 is 0 Å². The molecule has 0 bridgehead atoms. The highest BCUT2D eigenvalue weighted by Crippen LogP contribution is 2.20. The fraction of sp³-hybridized carbons (Fsp3) is 0.259. The summed E-state index contributed by atoms with van der Waals surface area (Å²) >= 11 is 0. The van der Waals surface area contributed by atoms with Crippen LogP contribution in [0.1, 0.15) is 18.4 Å². The molecule has 1 N–H and O–H groups in total. The number of allylic oxidation sites excluding steroid dienone is 1. The highest BCUT2D eigenvalue weighted by molar-refractivity contribution is 5.78. The van der Waals surface area contributed by atoms with E-state index in [9.17, 15) is 4.91 Å². The van der Waals surface area contributed by atoms with Gasteiger partial charge in [-0.1, -0.05) is 12.1 Å². The van der Waals surface area contributed by atoms with E-state index in [1.165, 1.54) is 0 Å². The van der Waals surface area contributed by atoms with Crippen LogP contribution in [0.5, 0.6) is 5.75 Å². The first-order valence-electron chi connectivity index (χ1n) is 11.5. The van der Waals surface area contributed by atoms with Crippen LogP contribution in [-0.2, 0) is 6.42 Å². The van der Waals surface area contributed by atoms with E-state index in [1.54, 1.807) is 6.20 Å². The summed E-state index contributed by atoms with van der Waals surface area (Å²) in [5.74, 6) is 1.64. The minimum absolute atomic E-state index is 0.640. The van der Waals surface area contributed by atoms with Gasteiger partial charge < -0.3 is 14.6 Å². The van der Waals surface area contributed by atoms with Crippen molar-refractivity contribution < 1.29 is 4.74 Å². The number of benzene rings is 2. The fourth-order valence-corrected chi connectivity index (χ4v) is 4.32. The molecule has 0 saturated carbocycles. The number of fused-ring (bicyclic) bond motifs is 1. The maximum absolute atomic E-state index is 11.1. The van der Waals surface area contributed by atoms with Gasteiger partial charge in [0, 0.05) is 41.4 Å². The van der Waals surface area contributed by atoms with Gasteiger partial charge in [-0.15, -0.1) is 4.91 Å². The second kappa shape index (κ2) is 9.57. The number of ether oxygens (including phenoxy) is 1. The number of likely N-dealkylation sites (N-methyl/N-ethyl adjacent to an activating group) is 1. The molecule has 3 aromatic rings. The maximum Gasteiger partial charge on any atom is 0.138 e. The van der Waals surface area contributed by atoms with Crippen molar-refractivity contribution >= 4 is 17.5 Å². The van der Waals surface area contributed by atoms with E-state index in [-0.39, 0.29) is 0 Å². The Bertz CT molecular complexity index is 1500. The minimum atomic E-state index is 0.640. The molecule has 1 aromatic heterocycles. The Labute approximate surface area is 197 Å². The average Bonchev–Trinajstić information content (AvgIpc) is 3.49. The van der Waals surface area contributed by atoms with Gasteiger partial charge in [0.1, 0.15) is 18.2 Å². The molecule has 0 amide bonds. The Balaban J connectivity index is 1.61. The summed E-state index contributed by atoms with van der Waals surface area (Å²) in [6.07, 6.45) is 7.97. The van der Waals surface area contributed by atoms with Crippen LogP contribution in [0.2, 0.25) is 0 Å². The van der Waals surface area contributed by atoms with Crippen LogP contribution >= 0.6 is 0 Å². The van der Waals surface area contributed by atoms with Crippen LogP contribution < -0.4 is 15.3 Å². The Morgan fingerprint density at radius 2 is 1.97 bits per heavy atom. The number of aromatic amines is 1. The van der Waals surface area contributed by atoms with Crippen LogP contribution in [0.4, 0.5) is 0 Å². The Kier molecular flexibility index (Phi) is 6.18. The summed E-state index contributed by atoms with van der Waals surface area (Å²) in [6, 6.07) is 14.2. The van der Waals surface area contributed by atoms with Crippen LogP contribution in [-0.4, -0.2) is 48.3 Å². The normalized spacial score (nSPS) is 17.3. The standard InChI is InChI=1S/C27H27N5O2/c1-32(2)15-16-34-22-7-3-19(4-8-22)27-29-25(18-11-13-28-14-12-18)26(30-27)21-5-9-23-20(17-21)6-10-24(23)31-33/h3-5,7-9,11,13-14,17H,6,10,12,15-16H2,1-2H3,(H,29,30)/b25-18+,26-21-. The van der Waals surface area contributed by atoms with Gasteiger partial charge in [-0.3, -0.25) is 4.99 Å². The number of aliphatic imine (C=N–C) groups is 1. The van der Waals surface area contributed by atoms with Gasteiger partial charge in [0.25, 0.3) is 0 Å². The molecule has 2 aromatic carbocycles. The summed E-state index contributed by atoms with van der Waals surface area (Å²) in [7, 11) is 4.06. The Hall–Kier alpha value is -3.84. The van der Waals surface area contributed by atoms with E-state index in [0.717, 1.165) is 68.8 Å². The van der Waals surface area contributed by atoms with Gasteiger partial charge in [-0.05, 0) is 79.7 Å². The molecule has 7 nitrogen and oxygen atoms in total. The summed E-state index contributed by atoms with van der Waals surface area (Å²) in [4.78, 5) is 26.0. The molecule has 5 rings (SSSR count). The number of rotatable bonds is 6. The van der Waals surface area contributed by atoms with Crippen molar-refractivity contribution in [3.8, 4) is 17.1 Å². The number of H-pyrrole nitrogens is 1. The average molecular weight is 454 g/mol. The number of aromatic nitrogens is 2. The highest BCUT2D eigenvalue weighted by Gasteiger charge is 2.13. The second-order valence-electron chi connectivity index (χ2n) is 8.77. The van der Waals surface area contributed by atoms with Crippen molar-refractivity contribution in [3.63, 3.8) is 0 Å². The number of nitroso groups, excluding NO2 is 1. The van der Waals surface area contributed by atoms with Crippen LogP contribution in [0.3, 0.4) is 0 Å². The molecule has 0 unspecified atom stereocenters. The topological polar surface area (TPSA) is 82.9 Å². The lowest BCUT2D eigenvalue weighted by Crippen LogP contribution is -2.19. The summed E-state index contributed by atoms with van der Waals surface area (Å²) in [5.41, 5.74) is 3.89. The van der Waals surface area contributed by atoms with Crippen molar-refractivity contribution in [2.75, 3.05) is 27.2 Å². The van der Waals surface area contributed by atoms with E-state index in [1.807, 2.05) is 62.8 Å². The lowest BCUT2D eigenvalue weighted by Gasteiger charge is -2.11. The van der Waals surface area contributed by atoms with Gasteiger partial charge in [0.05, 0.1) is 16.4 Å². The zero-order valence-corrected chi connectivity index (χ0v) is 19.4. The number of nitrogens with one attached hydrogen (secondary N) is 1. The number of hydrogen-bond acceptors (Lipinski definition) is 6. The van der Waals surface area contributed by atoms with Gasteiger partial charge in [-0.2, -0.15) is 0 Å². The molecule has 0 atom stereocenters. The zero-order chi connectivity index (χ0) is 23.5. The molecule has 7 heteroatoms. The third-order valence-electron chi connectivity index (χ3n) is 6.17. The molecule has 1 aliphatic carbocycles. The first-order chi connectivity index (χ1) is 16.6. The van der Waals surface area contributed by atoms with Gasteiger partial charge in [-0.25, -0.2) is 4.98 Å². The monoisotopic (exact) mass is 453 g/mol. The van der Waals surface area contributed by atoms with Crippen molar-refractivity contribution in [2.45, 2.75) is 19.3 Å². The van der Waals surface area contributed by atoms with Gasteiger partial charge in [0.2, 0.25) is 0 Å². The SMILES string of the molecule is CN(C)CCOc1ccc(-c2nc(=C3\C=CN=CC3)/c(=c3\ccc4c(c3)CCC=4N=O)[nH]2)cc1. The zero-order valence-electron chi connectivity index (χ0n) is 19.4. The first kappa shape index (κ1) is 22.0. The van der Waals surface area contributed by atoms with Crippen molar-refractivity contribution in [3.05, 3.63) is 86.3 Å². The molecule has 172 valence electrons. The maximum atomic E-state index is 11.1. The van der Waals surface area contributed by atoms with E-state index in [4.69, 9.17) is 9.72 Å². The Morgan fingerprint density at radius 3 is 2.71 bits per heavy atom. The molecule has 0 saturated heterocycles. The summed E-state index contributed by atoms with van der Waals surface area (Å²) in [6.45, 7) is 1.51. The summed E-state index contributed by atoms with van der Waals surface area (Å²) in [5, 5.41) is 7.10. The van der Waals surface area contributed by atoms with E-state index in [2.05, 4.69) is 26.1 Å². The largest absolute Gasteiger partial charge is 0.492 e. The number of imidazole rings is 1. The quantitative estimate of drug-likeness (QED) is 0.581. The minimum Gasteiger partial charge on any atom is -0.492 e. The fourth-order valence-electron chi connectivity index (χ4n) is 4.32. The molecule has 0 spiro atoms. The van der Waals surface area contributed by atoms with Crippen molar-refractivity contribution in [1.82, 2.24) is 14.9 Å². The Morgan fingerprint density at radius 1 is 1.12 bits per heavy atom. The number of nitrogens with zero attached hydrogens (tertiary/aromatic N) is 4. The van der Waals surface area contributed by atoms with E-state index >= 15 is 0 Å². The third kappa shape index (κ3) is 4.47. The lowest BCUT2D eigenvalue weighted by molar-refractivity contribution is 0.261.